The Bertz CT molecular complexity index is 1310. The minimum Gasteiger partial charge on any atom is -0.324 e. The van der Waals surface area contributed by atoms with E-state index in [-0.39, 0.29) is 16.7 Å². The molecule has 0 fully saturated rings. The number of H-pyrrole nitrogens is 1. The van der Waals surface area contributed by atoms with Gasteiger partial charge in [-0.05, 0) is 30.7 Å². The van der Waals surface area contributed by atoms with E-state index in [1.165, 1.54) is 23.1 Å². The first kappa shape index (κ1) is 21.9. The molecule has 2 N–H and O–H groups in total. The molecular weight excluding hydrogens is 473 g/mol. The number of hydrogen-bond acceptors (Lipinski definition) is 5. The molecule has 0 aliphatic carbocycles. The van der Waals surface area contributed by atoms with E-state index in [1.807, 2.05) is 35.7 Å². The molecule has 1 amide bonds. The number of thioether (sulfide) groups is 1. The molecular formula is C22H17Cl2N3O2S2. The maximum Gasteiger partial charge on any atom is 0.260 e. The SMILES string of the molecule is CC(SCc1nc2scc(-c3ccccc3)c2c(=O)[nH]1)C(=O)Nc1ccc(Cl)cc1Cl. The molecule has 0 bridgehead atoms. The fraction of sp³-hybridized carbons (Fsp3) is 0.136. The molecule has 4 rings (SSSR count). The molecule has 5 nitrogen and oxygen atoms in total. The minimum atomic E-state index is -0.379. The van der Waals surface area contributed by atoms with Crippen molar-refractivity contribution in [3.05, 3.63) is 80.1 Å². The first-order valence-electron chi connectivity index (χ1n) is 9.35. The van der Waals surface area contributed by atoms with Crippen LogP contribution < -0.4 is 10.9 Å². The summed E-state index contributed by atoms with van der Waals surface area (Å²) < 4.78 is 0. The first-order chi connectivity index (χ1) is 14.9. The van der Waals surface area contributed by atoms with Crippen LogP contribution in [0.25, 0.3) is 21.3 Å². The average Bonchev–Trinajstić information content (AvgIpc) is 3.19. The van der Waals surface area contributed by atoms with Crippen molar-refractivity contribution in [2.24, 2.45) is 0 Å². The summed E-state index contributed by atoms with van der Waals surface area (Å²) in [6.07, 6.45) is 0. The maximum atomic E-state index is 12.7. The number of nitrogens with one attached hydrogen (secondary N) is 2. The van der Waals surface area contributed by atoms with Crippen molar-refractivity contribution in [1.29, 1.82) is 0 Å². The van der Waals surface area contributed by atoms with Gasteiger partial charge in [0.15, 0.2) is 0 Å². The molecule has 158 valence electrons. The van der Waals surface area contributed by atoms with E-state index in [9.17, 15) is 9.59 Å². The lowest BCUT2D eigenvalue weighted by Gasteiger charge is -2.13. The third-order valence-corrected chi connectivity index (χ3v) is 7.18. The van der Waals surface area contributed by atoms with E-state index in [0.29, 0.717) is 37.5 Å². The number of benzene rings is 2. The van der Waals surface area contributed by atoms with Gasteiger partial charge < -0.3 is 10.3 Å². The Morgan fingerprint density at radius 1 is 1.23 bits per heavy atom. The molecule has 9 heteroatoms. The monoisotopic (exact) mass is 489 g/mol. The number of aromatic amines is 1. The van der Waals surface area contributed by atoms with Crippen LogP contribution >= 0.6 is 46.3 Å². The number of amides is 1. The summed E-state index contributed by atoms with van der Waals surface area (Å²) in [4.78, 5) is 33.4. The summed E-state index contributed by atoms with van der Waals surface area (Å²) in [5, 5.41) is 5.83. The van der Waals surface area contributed by atoms with E-state index < -0.39 is 0 Å². The molecule has 2 heterocycles. The molecule has 2 aromatic heterocycles. The Labute approximate surface area is 196 Å². The van der Waals surface area contributed by atoms with Gasteiger partial charge in [-0.1, -0.05) is 53.5 Å². The zero-order valence-corrected chi connectivity index (χ0v) is 19.5. The number of nitrogens with zero attached hydrogens (tertiary/aromatic N) is 1. The lowest BCUT2D eigenvalue weighted by Crippen LogP contribution is -2.23. The van der Waals surface area contributed by atoms with Crippen molar-refractivity contribution in [3.8, 4) is 11.1 Å². The van der Waals surface area contributed by atoms with Crippen LogP contribution in [0.5, 0.6) is 0 Å². The van der Waals surface area contributed by atoms with Crippen molar-refractivity contribution in [3.63, 3.8) is 0 Å². The molecule has 0 saturated heterocycles. The van der Waals surface area contributed by atoms with E-state index in [1.54, 1.807) is 25.1 Å². The second-order valence-electron chi connectivity index (χ2n) is 6.77. The van der Waals surface area contributed by atoms with Crippen LogP contribution in [0.3, 0.4) is 0 Å². The van der Waals surface area contributed by atoms with E-state index in [0.717, 1.165) is 11.1 Å². The van der Waals surface area contributed by atoms with Crippen molar-refractivity contribution in [2.45, 2.75) is 17.9 Å². The Morgan fingerprint density at radius 3 is 2.74 bits per heavy atom. The van der Waals surface area contributed by atoms with Crippen molar-refractivity contribution in [2.75, 3.05) is 5.32 Å². The third-order valence-electron chi connectivity index (χ3n) is 4.61. The second kappa shape index (κ2) is 9.44. The van der Waals surface area contributed by atoms with Crippen LogP contribution in [-0.2, 0) is 10.5 Å². The summed E-state index contributed by atoms with van der Waals surface area (Å²) in [6.45, 7) is 1.79. The maximum absolute atomic E-state index is 12.7. The highest BCUT2D eigenvalue weighted by Gasteiger charge is 2.17. The van der Waals surface area contributed by atoms with E-state index >= 15 is 0 Å². The lowest BCUT2D eigenvalue weighted by atomic mass is 10.1. The van der Waals surface area contributed by atoms with Gasteiger partial charge >= 0.3 is 0 Å². The van der Waals surface area contributed by atoms with Gasteiger partial charge in [-0.3, -0.25) is 9.59 Å². The Morgan fingerprint density at radius 2 is 2.00 bits per heavy atom. The molecule has 4 aromatic rings. The quantitative estimate of drug-likeness (QED) is 0.337. The number of halogens is 2. The highest BCUT2D eigenvalue weighted by molar-refractivity contribution is 7.99. The predicted octanol–water partition coefficient (Wildman–Crippen LogP) is 6.22. The molecule has 0 spiro atoms. The van der Waals surface area contributed by atoms with Gasteiger partial charge in [0, 0.05) is 16.0 Å². The summed E-state index contributed by atoms with van der Waals surface area (Å²) in [5.41, 5.74) is 2.18. The summed E-state index contributed by atoms with van der Waals surface area (Å²) in [6, 6.07) is 14.7. The smallest absolute Gasteiger partial charge is 0.260 e. The largest absolute Gasteiger partial charge is 0.324 e. The molecule has 1 atom stereocenters. The van der Waals surface area contributed by atoms with Crippen LogP contribution in [0.4, 0.5) is 5.69 Å². The summed E-state index contributed by atoms with van der Waals surface area (Å²) in [7, 11) is 0. The number of fused-ring (bicyclic) bond motifs is 1. The molecule has 0 aliphatic heterocycles. The highest BCUT2D eigenvalue weighted by atomic mass is 35.5. The molecule has 0 saturated carbocycles. The standard InChI is InChI=1S/C22H17Cl2N3O2S2/c1-12(20(28)25-17-8-7-14(23)9-16(17)24)30-11-18-26-21(29)19-15(10-31-22(19)27-18)13-5-3-2-4-6-13/h2-10,12H,11H2,1H3,(H,25,28)(H,26,27,29). The van der Waals surface area contributed by atoms with Gasteiger partial charge in [-0.2, -0.15) is 0 Å². The van der Waals surface area contributed by atoms with Crippen molar-refractivity contribution < 1.29 is 4.79 Å². The van der Waals surface area contributed by atoms with Gasteiger partial charge in [0.05, 0.1) is 27.1 Å². The number of anilines is 1. The third kappa shape index (κ3) is 4.96. The fourth-order valence-corrected chi connectivity index (χ4v) is 5.17. The minimum absolute atomic E-state index is 0.175. The Kier molecular flexibility index (Phi) is 6.67. The fourth-order valence-electron chi connectivity index (χ4n) is 3.00. The van der Waals surface area contributed by atoms with Crippen LogP contribution in [0.1, 0.15) is 12.7 Å². The van der Waals surface area contributed by atoms with Crippen molar-refractivity contribution in [1.82, 2.24) is 9.97 Å². The van der Waals surface area contributed by atoms with Crippen LogP contribution in [-0.4, -0.2) is 21.1 Å². The van der Waals surface area contributed by atoms with Crippen LogP contribution in [0.2, 0.25) is 10.0 Å². The Hall–Kier alpha value is -2.32. The highest BCUT2D eigenvalue weighted by Crippen LogP contribution is 2.31. The van der Waals surface area contributed by atoms with E-state index in [4.69, 9.17) is 23.2 Å². The molecule has 31 heavy (non-hydrogen) atoms. The topological polar surface area (TPSA) is 74.8 Å². The zero-order chi connectivity index (χ0) is 22.0. The van der Waals surface area contributed by atoms with Crippen LogP contribution in [0, 0.1) is 0 Å². The lowest BCUT2D eigenvalue weighted by molar-refractivity contribution is -0.115. The second-order valence-corrected chi connectivity index (χ2v) is 9.81. The van der Waals surface area contributed by atoms with Crippen molar-refractivity contribution >= 4 is 68.1 Å². The molecule has 0 radical (unpaired) electrons. The number of aromatic nitrogens is 2. The number of rotatable bonds is 6. The molecule has 2 aromatic carbocycles. The van der Waals surface area contributed by atoms with Crippen LogP contribution in [0.15, 0.2) is 58.7 Å². The number of thiophene rings is 1. The summed E-state index contributed by atoms with van der Waals surface area (Å²) >= 11 is 14.8. The van der Waals surface area contributed by atoms with E-state index in [2.05, 4.69) is 15.3 Å². The van der Waals surface area contributed by atoms with Gasteiger partial charge in [-0.25, -0.2) is 4.98 Å². The molecule has 1 unspecified atom stereocenters. The number of carbonyl (C=O) groups is 1. The first-order valence-corrected chi connectivity index (χ1v) is 12.0. The van der Waals surface area contributed by atoms with Gasteiger partial charge in [0.25, 0.3) is 5.56 Å². The average molecular weight is 490 g/mol. The molecule has 0 aliphatic rings. The van der Waals surface area contributed by atoms with Gasteiger partial charge in [-0.15, -0.1) is 23.1 Å². The predicted molar refractivity (Wildman–Crippen MR) is 132 cm³/mol. The summed E-state index contributed by atoms with van der Waals surface area (Å²) in [5.74, 6) is 0.737. The zero-order valence-electron chi connectivity index (χ0n) is 16.3. The Balaban J connectivity index is 1.46. The number of hydrogen-bond donors (Lipinski definition) is 2. The van der Waals surface area contributed by atoms with Gasteiger partial charge in [0.1, 0.15) is 10.7 Å². The number of carbonyl (C=O) groups excluding carboxylic acids is 1. The normalized spacial score (nSPS) is 12.1. The van der Waals surface area contributed by atoms with Gasteiger partial charge in [0.2, 0.25) is 5.91 Å².